The lowest BCUT2D eigenvalue weighted by Crippen LogP contribution is -2.54. The third-order valence-corrected chi connectivity index (χ3v) is 24.7. The molecule has 0 amide bonds. The van der Waals surface area contributed by atoms with Crippen molar-refractivity contribution in [3.05, 3.63) is 188 Å². The average Bonchev–Trinajstić information content (AvgIpc) is 3.69. The number of nitrogens with zero attached hydrogens (tertiary/aromatic N) is 2. The van der Waals surface area contributed by atoms with Gasteiger partial charge in [0, 0.05) is 53.9 Å². The van der Waals surface area contributed by atoms with Crippen molar-refractivity contribution in [2.24, 2.45) is 21.7 Å². The second-order valence-electron chi connectivity index (χ2n) is 27.4. The number of halogens is 2. The maximum absolute atomic E-state index is 3.76. The van der Waals surface area contributed by atoms with Crippen molar-refractivity contribution in [3.63, 3.8) is 0 Å². The molecule has 0 atom stereocenters. The van der Waals surface area contributed by atoms with E-state index in [0.29, 0.717) is 0 Å². The molecule has 7 aromatic rings. The molecule has 0 saturated heterocycles. The van der Waals surface area contributed by atoms with E-state index in [2.05, 4.69) is 312 Å². The van der Waals surface area contributed by atoms with E-state index >= 15 is 0 Å². The number of rotatable bonds is 8. The van der Waals surface area contributed by atoms with Gasteiger partial charge < -0.3 is 9.80 Å². The molecular formula is C70H78Br2N2. The Morgan fingerprint density at radius 3 is 0.811 bits per heavy atom. The molecule has 4 aliphatic rings. The van der Waals surface area contributed by atoms with Crippen LogP contribution in [-0.4, -0.2) is 0 Å². The van der Waals surface area contributed by atoms with Crippen LogP contribution in [0.4, 0.5) is 34.1 Å². The summed E-state index contributed by atoms with van der Waals surface area (Å²) in [5.74, 6) is 0. The topological polar surface area (TPSA) is 6.48 Å². The molecule has 382 valence electrons. The molecule has 4 heteroatoms. The first-order chi connectivity index (χ1) is 34.3. The summed E-state index contributed by atoms with van der Waals surface area (Å²) in [6, 6.07) is 55.3. The molecule has 7 aromatic carbocycles. The summed E-state index contributed by atoms with van der Waals surface area (Å²) < 4.78 is 2.10. The molecule has 4 aliphatic carbocycles. The molecule has 11 rings (SSSR count). The summed E-state index contributed by atoms with van der Waals surface area (Å²) in [6.07, 6.45) is 0. The lowest BCUT2D eigenvalue weighted by molar-refractivity contribution is -0.0105. The van der Waals surface area contributed by atoms with E-state index in [1.54, 1.807) is 11.1 Å². The second-order valence-corrected chi connectivity index (χ2v) is 29.2. The number of benzene rings is 7. The Kier molecular flexibility index (Phi) is 11.0. The summed E-state index contributed by atoms with van der Waals surface area (Å²) in [4.78, 5) is 4.85. The third kappa shape index (κ3) is 6.22. The molecule has 0 aromatic heterocycles. The second kappa shape index (κ2) is 15.8. The van der Waals surface area contributed by atoms with E-state index in [-0.39, 0.29) is 54.1 Å². The Balaban J connectivity index is 1.05. The minimum Gasteiger partial charge on any atom is -0.310 e. The number of hydrogen-bond acceptors (Lipinski definition) is 2. The van der Waals surface area contributed by atoms with Crippen molar-refractivity contribution in [1.29, 1.82) is 0 Å². The Bertz CT molecular complexity index is 3130. The summed E-state index contributed by atoms with van der Waals surface area (Å²) in [5.41, 5.74) is 21.0. The highest BCUT2D eigenvalue weighted by atomic mass is 79.9. The molecule has 0 bridgehead atoms. The van der Waals surface area contributed by atoms with Gasteiger partial charge >= 0.3 is 0 Å². The molecule has 74 heavy (non-hydrogen) atoms. The van der Waals surface area contributed by atoms with Crippen molar-refractivity contribution in [1.82, 2.24) is 0 Å². The van der Waals surface area contributed by atoms with E-state index in [4.69, 9.17) is 0 Å². The van der Waals surface area contributed by atoms with Gasteiger partial charge in [0.05, 0.1) is 0 Å². The van der Waals surface area contributed by atoms with Gasteiger partial charge in [-0.3, -0.25) is 0 Å². The molecule has 0 unspecified atom stereocenters. The van der Waals surface area contributed by atoms with Crippen LogP contribution in [-0.2, 0) is 32.5 Å². The normalized spacial score (nSPS) is 21.2. The van der Waals surface area contributed by atoms with Crippen LogP contribution >= 0.6 is 31.9 Å². The predicted molar refractivity (Wildman–Crippen MR) is 324 cm³/mol. The molecule has 0 spiro atoms. The van der Waals surface area contributed by atoms with Crippen LogP contribution in [0.15, 0.2) is 155 Å². The summed E-state index contributed by atoms with van der Waals surface area (Å²) >= 11 is 7.52. The van der Waals surface area contributed by atoms with E-state index < -0.39 is 0 Å². The maximum Gasteiger partial charge on any atom is 0.0482 e. The zero-order chi connectivity index (χ0) is 53.5. The van der Waals surface area contributed by atoms with Crippen molar-refractivity contribution in [3.8, 4) is 22.3 Å². The zero-order valence-corrected chi connectivity index (χ0v) is 50.7. The molecular weight excluding hydrogens is 1030 g/mol. The molecule has 0 radical (unpaired) electrons. The Hall–Kier alpha value is -4.90. The quantitative estimate of drug-likeness (QED) is 0.150. The summed E-state index contributed by atoms with van der Waals surface area (Å²) in [6.45, 7) is 45.3. The summed E-state index contributed by atoms with van der Waals surface area (Å²) in [7, 11) is 0. The van der Waals surface area contributed by atoms with Crippen LogP contribution in [0.25, 0.3) is 22.3 Å². The lowest BCUT2D eigenvalue weighted by atomic mass is 9.47. The zero-order valence-electron chi connectivity index (χ0n) is 47.5. The van der Waals surface area contributed by atoms with Crippen LogP contribution in [0.1, 0.15) is 158 Å². The van der Waals surface area contributed by atoms with Gasteiger partial charge in [-0.1, -0.05) is 211 Å². The standard InChI is InChI=1S/C70H78Br2N2/c1-61(2)55-38-45(39-56-59(55)69(17,65(61,9)10)66(11,12)62(56,3)4)43-22-19-24-51(36-43)73(49-32-28-47(71)29-33-49)53-26-21-27-54(42-53)74(50-34-30-48(72)31-35-50)52-25-20-23-44(37-52)46-40-57-60-58(41-46)64(7,8)68(15,16)70(60,18)67(13,14)63(57,5)6/h19-42H,1-18H3. The third-order valence-electron chi connectivity index (χ3n) is 23.6. The Morgan fingerprint density at radius 1 is 0.270 bits per heavy atom. The van der Waals surface area contributed by atoms with E-state index in [0.717, 1.165) is 43.1 Å². The van der Waals surface area contributed by atoms with Crippen molar-refractivity contribution in [2.75, 3.05) is 9.80 Å². The Labute approximate surface area is 461 Å². The van der Waals surface area contributed by atoms with Crippen LogP contribution in [0.2, 0.25) is 0 Å². The average molecular weight is 1110 g/mol. The van der Waals surface area contributed by atoms with Gasteiger partial charge in [0.2, 0.25) is 0 Å². The number of anilines is 6. The smallest absolute Gasteiger partial charge is 0.0482 e. The highest BCUT2D eigenvalue weighted by Gasteiger charge is 2.73. The fourth-order valence-corrected chi connectivity index (χ4v) is 16.3. The Morgan fingerprint density at radius 2 is 0.527 bits per heavy atom. The number of hydrogen-bond donors (Lipinski definition) is 0. The minimum atomic E-state index is -0.0146. The molecule has 0 N–H and O–H groups in total. The van der Waals surface area contributed by atoms with Crippen molar-refractivity contribution in [2.45, 2.75) is 157 Å². The van der Waals surface area contributed by atoms with Crippen molar-refractivity contribution < 1.29 is 0 Å². The van der Waals surface area contributed by atoms with Crippen LogP contribution in [0.5, 0.6) is 0 Å². The van der Waals surface area contributed by atoms with Gasteiger partial charge in [-0.05, 0) is 190 Å². The minimum absolute atomic E-state index is 0.0146. The van der Waals surface area contributed by atoms with Crippen molar-refractivity contribution >= 4 is 66.0 Å². The first-order valence-corrected chi connectivity index (χ1v) is 28.7. The lowest BCUT2D eigenvalue weighted by Gasteiger charge is -2.56. The molecule has 0 fully saturated rings. The highest BCUT2D eigenvalue weighted by Crippen LogP contribution is 2.78. The van der Waals surface area contributed by atoms with Gasteiger partial charge in [0.25, 0.3) is 0 Å². The fourth-order valence-electron chi connectivity index (χ4n) is 15.8. The SMILES string of the molecule is CC1(C)c2cc(-c3cccc(N(c4ccc(Br)cc4)c4cccc(N(c5ccc(Br)cc5)c5cccc(-c6cc7c8c(c6)C(C)(C)C(C)(C)C8(C)C(C)(C)C7(C)C)c5)c4)c3)cc3c2C(C)(C1(C)C)C(C)(C)C3(C)C. The maximum atomic E-state index is 3.76. The molecule has 2 nitrogen and oxygen atoms in total. The fraction of sp³-hybridized carbons (Fsp3) is 0.400. The molecule has 0 heterocycles. The van der Waals surface area contributed by atoms with Gasteiger partial charge in [0.15, 0.2) is 0 Å². The predicted octanol–water partition coefficient (Wildman–Crippen LogP) is 21.3. The molecule has 0 saturated carbocycles. The van der Waals surface area contributed by atoms with Crippen LogP contribution in [0, 0.1) is 21.7 Å². The van der Waals surface area contributed by atoms with E-state index in [1.807, 2.05) is 0 Å². The monoisotopic (exact) mass is 1100 g/mol. The highest BCUT2D eigenvalue weighted by molar-refractivity contribution is 9.10. The molecule has 0 aliphatic heterocycles. The van der Waals surface area contributed by atoms with Gasteiger partial charge in [0.1, 0.15) is 0 Å². The first-order valence-electron chi connectivity index (χ1n) is 27.1. The van der Waals surface area contributed by atoms with Crippen LogP contribution in [0.3, 0.4) is 0 Å². The van der Waals surface area contributed by atoms with Crippen LogP contribution < -0.4 is 9.80 Å². The first kappa shape index (κ1) is 51.2. The van der Waals surface area contributed by atoms with Gasteiger partial charge in [-0.25, -0.2) is 0 Å². The largest absolute Gasteiger partial charge is 0.310 e. The van der Waals surface area contributed by atoms with Gasteiger partial charge in [-0.15, -0.1) is 0 Å². The van der Waals surface area contributed by atoms with Gasteiger partial charge in [-0.2, -0.15) is 0 Å². The van der Waals surface area contributed by atoms with E-state index in [9.17, 15) is 0 Å². The van der Waals surface area contributed by atoms with E-state index in [1.165, 1.54) is 44.5 Å². The summed E-state index contributed by atoms with van der Waals surface area (Å²) in [5, 5.41) is 0.